The molecule has 0 aliphatic carbocycles. The van der Waals surface area contributed by atoms with Crippen molar-refractivity contribution in [3.05, 3.63) is 40.0 Å². The van der Waals surface area contributed by atoms with Crippen LogP contribution in [-0.4, -0.2) is 4.98 Å². The minimum absolute atomic E-state index is 0.501. The summed E-state index contributed by atoms with van der Waals surface area (Å²) in [6, 6.07) is 7.07. The average Bonchev–Trinajstić information content (AvgIpc) is 2.19. The number of aromatic nitrogens is 1. The molecule has 0 N–H and O–H groups in total. The van der Waals surface area contributed by atoms with Crippen molar-refractivity contribution in [3.63, 3.8) is 0 Å². The summed E-state index contributed by atoms with van der Waals surface area (Å²) in [5, 5.41) is 10.6. The summed E-state index contributed by atoms with van der Waals surface area (Å²) in [5.41, 5.74) is 1.09. The van der Waals surface area contributed by atoms with Crippen LogP contribution < -0.4 is 0 Å². The van der Waals surface area contributed by atoms with Crippen molar-refractivity contribution >= 4 is 34.1 Å². The molecule has 2 aromatic rings. The van der Waals surface area contributed by atoms with Crippen molar-refractivity contribution in [3.8, 4) is 6.07 Å². The van der Waals surface area contributed by atoms with E-state index in [0.717, 1.165) is 0 Å². The number of benzene rings is 1. The number of rotatable bonds is 0. The summed E-state index contributed by atoms with van der Waals surface area (Å²) in [6.07, 6.45) is 1.50. The lowest BCUT2D eigenvalue weighted by Gasteiger charge is -2.01. The molecule has 1 heterocycles. The second kappa shape index (κ2) is 3.45. The molecule has 0 saturated carbocycles. The molecule has 0 aliphatic heterocycles. The topological polar surface area (TPSA) is 36.7 Å². The molecule has 0 aliphatic rings. The van der Waals surface area contributed by atoms with Gasteiger partial charge < -0.3 is 0 Å². The minimum atomic E-state index is 0.501. The van der Waals surface area contributed by atoms with Gasteiger partial charge in [-0.15, -0.1) is 0 Å². The van der Waals surface area contributed by atoms with E-state index in [-0.39, 0.29) is 0 Å². The van der Waals surface area contributed by atoms with Gasteiger partial charge in [-0.3, -0.25) is 4.98 Å². The van der Waals surface area contributed by atoms with Crippen LogP contribution in [0.3, 0.4) is 0 Å². The predicted molar refractivity (Wildman–Crippen MR) is 56.5 cm³/mol. The second-order valence-electron chi connectivity index (χ2n) is 2.76. The van der Waals surface area contributed by atoms with Gasteiger partial charge in [0.25, 0.3) is 0 Å². The number of nitrogens with zero attached hydrogens (tertiary/aromatic N) is 2. The smallest absolute Gasteiger partial charge is 0.101 e. The Hall–Kier alpha value is -1.30. The number of pyridine rings is 1. The molecular weight excluding hydrogens is 219 g/mol. The molecule has 2 nitrogen and oxygen atoms in total. The summed E-state index contributed by atoms with van der Waals surface area (Å²) in [7, 11) is 0. The third-order valence-electron chi connectivity index (χ3n) is 1.88. The zero-order valence-electron chi connectivity index (χ0n) is 6.96. The lowest BCUT2D eigenvalue weighted by Crippen LogP contribution is -1.84. The van der Waals surface area contributed by atoms with Gasteiger partial charge in [0.05, 0.1) is 21.1 Å². The normalized spacial score (nSPS) is 10.1. The average molecular weight is 223 g/mol. The van der Waals surface area contributed by atoms with Crippen LogP contribution in [0.4, 0.5) is 0 Å². The van der Waals surface area contributed by atoms with E-state index in [1.807, 2.05) is 0 Å². The molecule has 0 bridgehead atoms. The van der Waals surface area contributed by atoms with Crippen LogP contribution in [0.1, 0.15) is 5.56 Å². The van der Waals surface area contributed by atoms with Crippen molar-refractivity contribution in [1.82, 2.24) is 4.98 Å². The first-order valence-electron chi connectivity index (χ1n) is 3.86. The largest absolute Gasteiger partial charge is 0.253 e. The first kappa shape index (κ1) is 9.26. The van der Waals surface area contributed by atoms with Gasteiger partial charge in [0.1, 0.15) is 6.07 Å². The first-order valence-corrected chi connectivity index (χ1v) is 4.62. The maximum Gasteiger partial charge on any atom is 0.101 e. The van der Waals surface area contributed by atoms with Gasteiger partial charge in [-0.2, -0.15) is 5.26 Å². The molecule has 1 aromatic heterocycles. The molecule has 14 heavy (non-hydrogen) atoms. The standard InChI is InChI=1S/C10H4Cl2N2/c11-7-3-8-9(12)2-1-6(4-13)10(8)14-5-7/h1-3,5H. The second-order valence-corrected chi connectivity index (χ2v) is 3.60. The van der Waals surface area contributed by atoms with E-state index in [1.54, 1.807) is 18.2 Å². The summed E-state index contributed by atoms with van der Waals surface area (Å²) in [6.45, 7) is 0. The quantitative estimate of drug-likeness (QED) is 0.686. The van der Waals surface area contributed by atoms with Crippen molar-refractivity contribution < 1.29 is 0 Å². The highest BCUT2D eigenvalue weighted by molar-refractivity contribution is 6.36. The molecule has 0 atom stereocenters. The van der Waals surface area contributed by atoms with Gasteiger partial charge in [-0.05, 0) is 18.2 Å². The Labute approximate surface area is 90.7 Å². The maximum absolute atomic E-state index is 8.83. The van der Waals surface area contributed by atoms with Crippen molar-refractivity contribution in [2.75, 3.05) is 0 Å². The number of hydrogen-bond acceptors (Lipinski definition) is 2. The number of nitriles is 1. The molecule has 0 spiro atoms. The third kappa shape index (κ3) is 1.41. The van der Waals surface area contributed by atoms with E-state index >= 15 is 0 Å². The maximum atomic E-state index is 8.83. The molecular formula is C10H4Cl2N2. The number of hydrogen-bond donors (Lipinski definition) is 0. The van der Waals surface area contributed by atoms with Gasteiger partial charge in [0, 0.05) is 11.6 Å². The van der Waals surface area contributed by atoms with Crippen LogP contribution in [-0.2, 0) is 0 Å². The molecule has 0 saturated heterocycles. The molecule has 4 heteroatoms. The summed E-state index contributed by atoms with van der Waals surface area (Å²) < 4.78 is 0. The van der Waals surface area contributed by atoms with Gasteiger partial charge >= 0.3 is 0 Å². The Bertz CT molecular complexity index is 544. The Morgan fingerprint density at radius 2 is 2.07 bits per heavy atom. The summed E-state index contributed by atoms with van der Waals surface area (Å²) >= 11 is 11.7. The van der Waals surface area contributed by atoms with E-state index in [0.29, 0.717) is 26.5 Å². The van der Waals surface area contributed by atoms with Crippen molar-refractivity contribution in [2.45, 2.75) is 0 Å². The predicted octanol–water partition coefficient (Wildman–Crippen LogP) is 3.41. The van der Waals surface area contributed by atoms with Crippen LogP contribution in [0.15, 0.2) is 24.4 Å². The zero-order chi connectivity index (χ0) is 10.1. The summed E-state index contributed by atoms with van der Waals surface area (Å²) in [4.78, 5) is 4.07. The Kier molecular flexibility index (Phi) is 2.28. The molecule has 0 unspecified atom stereocenters. The highest BCUT2D eigenvalue weighted by Gasteiger charge is 2.05. The SMILES string of the molecule is N#Cc1ccc(Cl)c2cc(Cl)cnc12. The molecule has 0 amide bonds. The summed E-state index contributed by atoms with van der Waals surface area (Å²) in [5.74, 6) is 0. The van der Waals surface area contributed by atoms with E-state index in [1.165, 1.54) is 6.20 Å². The van der Waals surface area contributed by atoms with Gasteiger partial charge in [0.2, 0.25) is 0 Å². The minimum Gasteiger partial charge on any atom is -0.253 e. The van der Waals surface area contributed by atoms with Crippen LogP contribution in [0.5, 0.6) is 0 Å². The third-order valence-corrected chi connectivity index (χ3v) is 2.42. The van der Waals surface area contributed by atoms with Crippen LogP contribution >= 0.6 is 23.2 Å². The molecule has 0 fully saturated rings. The lowest BCUT2D eigenvalue weighted by molar-refractivity contribution is 1.39. The highest BCUT2D eigenvalue weighted by Crippen LogP contribution is 2.26. The van der Waals surface area contributed by atoms with E-state index in [9.17, 15) is 0 Å². The molecule has 0 radical (unpaired) electrons. The molecule has 68 valence electrons. The van der Waals surface area contributed by atoms with Gasteiger partial charge in [0.15, 0.2) is 0 Å². The number of fused-ring (bicyclic) bond motifs is 1. The Balaban J connectivity index is 2.93. The van der Waals surface area contributed by atoms with Gasteiger partial charge in [-0.1, -0.05) is 23.2 Å². The van der Waals surface area contributed by atoms with E-state index in [4.69, 9.17) is 28.5 Å². The van der Waals surface area contributed by atoms with Gasteiger partial charge in [-0.25, -0.2) is 0 Å². The fourth-order valence-electron chi connectivity index (χ4n) is 1.25. The molecule has 2 rings (SSSR count). The Morgan fingerprint density at radius 1 is 1.29 bits per heavy atom. The van der Waals surface area contributed by atoms with E-state index in [2.05, 4.69) is 11.1 Å². The fraction of sp³-hybridized carbons (Fsp3) is 0. The van der Waals surface area contributed by atoms with Crippen LogP contribution in [0, 0.1) is 11.3 Å². The Morgan fingerprint density at radius 3 is 2.79 bits per heavy atom. The van der Waals surface area contributed by atoms with Crippen molar-refractivity contribution in [2.24, 2.45) is 0 Å². The monoisotopic (exact) mass is 222 g/mol. The van der Waals surface area contributed by atoms with Crippen LogP contribution in [0.25, 0.3) is 10.9 Å². The highest BCUT2D eigenvalue weighted by atomic mass is 35.5. The first-order chi connectivity index (χ1) is 6.72. The lowest BCUT2D eigenvalue weighted by atomic mass is 10.1. The van der Waals surface area contributed by atoms with E-state index < -0.39 is 0 Å². The number of halogens is 2. The zero-order valence-corrected chi connectivity index (χ0v) is 8.47. The molecule has 1 aromatic carbocycles. The fourth-order valence-corrected chi connectivity index (χ4v) is 1.62. The van der Waals surface area contributed by atoms with Crippen molar-refractivity contribution in [1.29, 1.82) is 5.26 Å². The van der Waals surface area contributed by atoms with Crippen LogP contribution in [0.2, 0.25) is 10.0 Å².